The molecule has 0 aromatic carbocycles. The number of aryl methyl sites for hydroxylation is 1. The van der Waals surface area contributed by atoms with Gasteiger partial charge in [-0.25, -0.2) is 0 Å². The Labute approximate surface area is 95.6 Å². The molecular formula is C11H19N3S. The Hall–Kier alpha value is -0.480. The highest BCUT2D eigenvalue weighted by molar-refractivity contribution is 7.99. The molecule has 0 saturated carbocycles. The minimum atomic E-state index is 0.252. The quantitative estimate of drug-likeness (QED) is 0.856. The summed E-state index contributed by atoms with van der Waals surface area (Å²) in [5, 5.41) is 8.40. The zero-order valence-corrected chi connectivity index (χ0v) is 10.5. The summed E-state index contributed by atoms with van der Waals surface area (Å²) < 4.78 is 2.03. The van der Waals surface area contributed by atoms with Gasteiger partial charge in [-0.3, -0.25) is 10.00 Å². The van der Waals surface area contributed by atoms with Crippen molar-refractivity contribution in [2.75, 3.05) is 5.75 Å². The minimum absolute atomic E-state index is 0.252. The maximum absolute atomic E-state index is 4.36. The van der Waals surface area contributed by atoms with Gasteiger partial charge in [0.2, 0.25) is 0 Å². The molecule has 0 spiro atoms. The summed E-state index contributed by atoms with van der Waals surface area (Å²) in [5.74, 6) is 1.16. The van der Waals surface area contributed by atoms with E-state index in [0.29, 0.717) is 5.37 Å². The first-order valence-electron chi connectivity index (χ1n) is 5.52. The molecule has 0 radical (unpaired) electrons. The second kappa shape index (κ2) is 4.18. The molecule has 1 atom stereocenters. The van der Waals surface area contributed by atoms with Crippen LogP contribution < -0.4 is 5.32 Å². The molecule has 1 unspecified atom stereocenters. The summed E-state index contributed by atoms with van der Waals surface area (Å²) >= 11 is 1.97. The average molecular weight is 225 g/mol. The average Bonchev–Trinajstić information content (AvgIpc) is 2.73. The highest BCUT2D eigenvalue weighted by Crippen LogP contribution is 2.36. The van der Waals surface area contributed by atoms with Crippen LogP contribution in [0.5, 0.6) is 0 Å². The van der Waals surface area contributed by atoms with Crippen molar-refractivity contribution in [1.82, 2.24) is 15.1 Å². The first kappa shape index (κ1) is 11.0. The highest BCUT2D eigenvalue weighted by atomic mass is 32.2. The molecule has 4 heteroatoms. The van der Waals surface area contributed by atoms with E-state index in [4.69, 9.17) is 0 Å². The van der Waals surface area contributed by atoms with Gasteiger partial charge in [0.25, 0.3) is 0 Å². The van der Waals surface area contributed by atoms with Crippen molar-refractivity contribution in [2.24, 2.45) is 0 Å². The van der Waals surface area contributed by atoms with Gasteiger partial charge in [-0.2, -0.15) is 5.10 Å². The largest absolute Gasteiger partial charge is 0.296 e. The fourth-order valence-corrected chi connectivity index (χ4v) is 3.16. The van der Waals surface area contributed by atoms with Gasteiger partial charge in [0.1, 0.15) is 0 Å². The summed E-state index contributed by atoms with van der Waals surface area (Å²) in [5.41, 5.74) is 1.56. The third-order valence-corrected chi connectivity index (χ3v) is 4.15. The molecule has 1 N–H and O–H groups in total. The standard InChI is InChI=1S/C11H19N3S/c1-4-5-14-7-9(6-12-14)10-13-11(2,3)8-15-10/h6-7,10,13H,4-5,8H2,1-3H3. The predicted octanol–water partition coefficient (Wildman–Crippen LogP) is 2.41. The van der Waals surface area contributed by atoms with Crippen LogP contribution in [0.2, 0.25) is 0 Å². The van der Waals surface area contributed by atoms with Crippen molar-refractivity contribution in [2.45, 2.75) is 44.6 Å². The van der Waals surface area contributed by atoms with Crippen molar-refractivity contribution in [1.29, 1.82) is 0 Å². The molecule has 15 heavy (non-hydrogen) atoms. The number of nitrogens with one attached hydrogen (secondary N) is 1. The Balaban J connectivity index is 2.04. The molecule has 1 saturated heterocycles. The van der Waals surface area contributed by atoms with Crippen molar-refractivity contribution in [3.8, 4) is 0 Å². The van der Waals surface area contributed by atoms with E-state index in [1.165, 1.54) is 5.56 Å². The smallest absolute Gasteiger partial charge is 0.0825 e. The third-order valence-electron chi connectivity index (χ3n) is 2.54. The molecular weight excluding hydrogens is 206 g/mol. The molecule has 2 rings (SSSR count). The summed E-state index contributed by atoms with van der Waals surface area (Å²) in [7, 11) is 0. The monoisotopic (exact) mass is 225 g/mol. The molecule has 2 heterocycles. The van der Waals surface area contributed by atoms with Crippen molar-refractivity contribution in [3.05, 3.63) is 18.0 Å². The number of hydrogen-bond acceptors (Lipinski definition) is 3. The number of hydrogen-bond donors (Lipinski definition) is 1. The Morgan fingerprint density at radius 3 is 3.07 bits per heavy atom. The van der Waals surface area contributed by atoms with Gasteiger partial charge in [-0.15, -0.1) is 11.8 Å². The lowest BCUT2D eigenvalue weighted by Crippen LogP contribution is -2.35. The topological polar surface area (TPSA) is 29.9 Å². The van der Waals surface area contributed by atoms with Gasteiger partial charge in [0, 0.05) is 29.6 Å². The van der Waals surface area contributed by atoms with Crippen molar-refractivity contribution < 1.29 is 0 Å². The summed E-state index contributed by atoms with van der Waals surface area (Å²) in [6, 6.07) is 0. The first-order chi connectivity index (χ1) is 7.11. The van der Waals surface area contributed by atoms with E-state index in [9.17, 15) is 0 Å². The zero-order valence-electron chi connectivity index (χ0n) is 9.66. The van der Waals surface area contributed by atoms with Gasteiger partial charge in [0.05, 0.1) is 11.6 Å². The SMILES string of the molecule is CCCn1cc(C2NC(C)(C)CS2)cn1. The van der Waals surface area contributed by atoms with E-state index in [1.807, 2.05) is 22.6 Å². The third kappa shape index (κ3) is 2.55. The fourth-order valence-electron chi connectivity index (χ4n) is 1.78. The second-order valence-corrected chi connectivity index (χ2v) is 5.85. The van der Waals surface area contributed by atoms with Crippen LogP contribution in [0.25, 0.3) is 0 Å². The van der Waals surface area contributed by atoms with Gasteiger partial charge < -0.3 is 0 Å². The summed E-state index contributed by atoms with van der Waals surface area (Å²) in [6.07, 6.45) is 5.29. The number of thioether (sulfide) groups is 1. The zero-order chi connectivity index (χ0) is 10.9. The van der Waals surface area contributed by atoms with Crippen LogP contribution in [0.3, 0.4) is 0 Å². The number of aromatic nitrogens is 2. The number of nitrogens with zero attached hydrogens (tertiary/aromatic N) is 2. The van der Waals surface area contributed by atoms with Gasteiger partial charge in [0.15, 0.2) is 0 Å². The lowest BCUT2D eigenvalue weighted by molar-refractivity contribution is 0.451. The molecule has 1 aromatic rings. The van der Waals surface area contributed by atoms with Crippen LogP contribution in [-0.2, 0) is 6.54 Å². The molecule has 1 aliphatic rings. The lowest BCUT2D eigenvalue weighted by atomic mass is 10.1. The Kier molecular flexibility index (Phi) is 3.07. The van der Waals surface area contributed by atoms with E-state index in [2.05, 4.69) is 37.4 Å². The number of rotatable bonds is 3. The van der Waals surface area contributed by atoms with Crippen molar-refractivity contribution >= 4 is 11.8 Å². The van der Waals surface area contributed by atoms with E-state index >= 15 is 0 Å². The van der Waals surface area contributed by atoms with E-state index < -0.39 is 0 Å². The first-order valence-corrected chi connectivity index (χ1v) is 6.57. The highest BCUT2D eigenvalue weighted by Gasteiger charge is 2.31. The van der Waals surface area contributed by atoms with Crippen LogP contribution in [0.4, 0.5) is 0 Å². The Bertz CT molecular complexity index is 332. The van der Waals surface area contributed by atoms with Crippen molar-refractivity contribution in [3.63, 3.8) is 0 Å². The van der Waals surface area contributed by atoms with Crippen LogP contribution in [0, 0.1) is 0 Å². The molecule has 84 valence electrons. The van der Waals surface area contributed by atoms with Gasteiger partial charge in [-0.1, -0.05) is 6.92 Å². The molecule has 1 aliphatic heterocycles. The summed E-state index contributed by atoms with van der Waals surface area (Å²) in [6.45, 7) is 7.68. The summed E-state index contributed by atoms with van der Waals surface area (Å²) in [4.78, 5) is 0. The Morgan fingerprint density at radius 2 is 2.47 bits per heavy atom. The van der Waals surface area contributed by atoms with Crippen LogP contribution in [0.15, 0.2) is 12.4 Å². The normalized spacial score (nSPS) is 24.6. The van der Waals surface area contributed by atoms with Crippen LogP contribution in [0.1, 0.15) is 38.1 Å². The van der Waals surface area contributed by atoms with Crippen LogP contribution in [-0.4, -0.2) is 21.1 Å². The molecule has 1 fully saturated rings. The molecule has 0 amide bonds. The second-order valence-electron chi connectivity index (χ2n) is 4.76. The Morgan fingerprint density at radius 1 is 1.67 bits per heavy atom. The lowest BCUT2D eigenvalue weighted by Gasteiger charge is -2.17. The minimum Gasteiger partial charge on any atom is -0.296 e. The van der Waals surface area contributed by atoms with Crippen LogP contribution >= 0.6 is 11.8 Å². The maximum atomic E-state index is 4.36. The molecule has 0 aliphatic carbocycles. The predicted molar refractivity (Wildman–Crippen MR) is 64.9 cm³/mol. The maximum Gasteiger partial charge on any atom is 0.0825 e. The molecule has 1 aromatic heterocycles. The fraction of sp³-hybridized carbons (Fsp3) is 0.727. The molecule has 0 bridgehead atoms. The van der Waals surface area contributed by atoms with E-state index in [1.54, 1.807) is 0 Å². The van der Waals surface area contributed by atoms with E-state index in [-0.39, 0.29) is 5.54 Å². The van der Waals surface area contributed by atoms with E-state index in [0.717, 1.165) is 18.7 Å². The van der Waals surface area contributed by atoms with Gasteiger partial charge >= 0.3 is 0 Å². The molecule has 3 nitrogen and oxygen atoms in total. The van der Waals surface area contributed by atoms with Gasteiger partial charge in [-0.05, 0) is 20.3 Å².